The van der Waals surface area contributed by atoms with Gasteiger partial charge in [-0.2, -0.15) is 0 Å². The maximum Gasteiger partial charge on any atom is 0.265 e. The van der Waals surface area contributed by atoms with Crippen LogP contribution in [-0.2, 0) is 5.41 Å². The Balaban J connectivity index is 2.67. The van der Waals surface area contributed by atoms with E-state index in [1.807, 2.05) is 20.8 Å². The fourth-order valence-electron chi connectivity index (χ4n) is 1.75. The van der Waals surface area contributed by atoms with Gasteiger partial charge in [0.05, 0.1) is 5.69 Å². The summed E-state index contributed by atoms with van der Waals surface area (Å²) in [5.74, 6) is 0.592. The second-order valence-electron chi connectivity index (χ2n) is 5.38. The molecule has 0 spiro atoms. The first-order valence-corrected chi connectivity index (χ1v) is 6.68. The summed E-state index contributed by atoms with van der Waals surface area (Å²) in [5.41, 5.74) is 0.890. The first-order valence-electron chi connectivity index (χ1n) is 5.89. The molecular weight excluding hydrogens is 308 g/mol. The van der Waals surface area contributed by atoms with Crippen molar-refractivity contribution in [1.29, 1.82) is 0 Å². The highest BCUT2D eigenvalue weighted by atomic mass is 79.9. The van der Waals surface area contributed by atoms with E-state index in [9.17, 15) is 9.90 Å². The zero-order chi connectivity index (χ0) is 14.2. The first-order chi connectivity index (χ1) is 8.79. The van der Waals surface area contributed by atoms with Crippen molar-refractivity contribution in [2.75, 3.05) is 0 Å². The van der Waals surface area contributed by atoms with E-state index >= 15 is 0 Å². The summed E-state index contributed by atoms with van der Waals surface area (Å²) >= 11 is 3.28. The normalized spacial score (nSPS) is 11.6. The third kappa shape index (κ3) is 2.87. The molecule has 0 aliphatic rings. The number of hydrogen-bond donors (Lipinski definition) is 2. The van der Waals surface area contributed by atoms with Gasteiger partial charge in [-0.3, -0.25) is 4.79 Å². The Morgan fingerprint density at radius 2 is 2.00 bits per heavy atom. The topological polar surface area (TPSA) is 66.0 Å². The molecule has 0 unspecified atom stereocenters. The Bertz CT molecular complexity index is 672. The van der Waals surface area contributed by atoms with Crippen LogP contribution in [0.2, 0.25) is 0 Å². The molecule has 2 N–H and O–H groups in total. The molecule has 4 nitrogen and oxygen atoms in total. The van der Waals surface area contributed by atoms with Gasteiger partial charge >= 0.3 is 0 Å². The number of H-pyrrole nitrogens is 1. The number of aromatic amines is 1. The van der Waals surface area contributed by atoms with Crippen LogP contribution in [0.15, 0.2) is 33.5 Å². The van der Waals surface area contributed by atoms with E-state index in [4.69, 9.17) is 0 Å². The second kappa shape index (κ2) is 4.81. The quantitative estimate of drug-likeness (QED) is 0.847. The largest absolute Gasteiger partial charge is 0.508 e. The Labute approximate surface area is 119 Å². The summed E-state index contributed by atoms with van der Waals surface area (Å²) in [6.07, 6.45) is 0. The first kappa shape index (κ1) is 13.8. The van der Waals surface area contributed by atoms with Gasteiger partial charge in [0.25, 0.3) is 5.56 Å². The molecule has 5 heteroatoms. The average molecular weight is 323 g/mol. The summed E-state index contributed by atoms with van der Waals surface area (Å²) in [6, 6.07) is 6.64. The van der Waals surface area contributed by atoms with Crippen molar-refractivity contribution in [2.45, 2.75) is 26.2 Å². The molecule has 1 aromatic heterocycles. The molecule has 0 radical (unpaired) electrons. The van der Waals surface area contributed by atoms with Gasteiger partial charge in [0.1, 0.15) is 16.0 Å². The van der Waals surface area contributed by atoms with E-state index < -0.39 is 0 Å². The minimum atomic E-state index is -0.251. The number of phenols is 1. The molecule has 0 bridgehead atoms. The summed E-state index contributed by atoms with van der Waals surface area (Å²) < 4.78 is 0.448. The van der Waals surface area contributed by atoms with E-state index in [-0.39, 0.29) is 16.7 Å². The van der Waals surface area contributed by atoms with Crippen molar-refractivity contribution in [3.63, 3.8) is 0 Å². The van der Waals surface area contributed by atoms with Crippen molar-refractivity contribution in [2.24, 2.45) is 0 Å². The summed E-state index contributed by atoms with van der Waals surface area (Å²) in [5, 5.41) is 9.50. The van der Waals surface area contributed by atoms with Gasteiger partial charge in [-0.1, -0.05) is 32.9 Å². The van der Waals surface area contributed by atoms with Gasteiger partial charge in [0.2, 0.25) is 0 Å². The van der Waals surface area contributed by atoms with Crippen LogP contribution in [0.4, 0.5) is 0 Å². The van der Waals surface area contributed by atoms with E-state index in [2.05, 4.69) is 25.9 Å². The number of phenolic OH excluding ortho intramolecular Hbond substituents is 1. The van der Waals surface area contributed by atoms with Crippen molar-refractivity contribution >= 4 is 15.9 Å². The van der Waals surface area contributed by atoms with E-state index in [1.54, 1.807) is 24.3 Å². The van der Waals surface area contributed by atoms with E-state index in [0.29, 0.717) is 21.6 Å². The molecule has 1 heterocycles. The van der Waals surface area contributed by atoms with Crippen molar-refractivity contribution in [1.82, 2.24) is 9.97 Å². The van der Waals surface area contributed by atoms with Crippen LogP contribution < -0.4 is 5.56 Å². The monoisotopic (exact) mass is 322 g/mol. The lowest BCUT2D eigenvalue weighted by Crippen LogP contribution is -2.22. The average Bonchev–Trinajstić information content (AvgIpc) is 2.31. The minimum Gasteiger partial charge on any atom is -0.508 e. The van der Waals surface area contributed by atoms with Crippen LogP contribution in [0.1, 0.15) is 26.5 Å². The lowest BCUT2D eigenvalue weighted by atomic mass is 9.92. The molecular formula is C14H15BrN2O2. The summed E-state index contributed by atoms with van der Waals surface area (Å²) in [7, 11) is 0. The fraction of sp³-hybridized carbons (Fsp3) is 0.286. The third-order valence-electron chi connectivity index (χ3n) is 2.69. The molecule has 0 aliphatic carbocycles. The van der Waals surface area contributed by atoms with Gasteiger partial charge in [-0.15, -0.1) is 0 Å². The Morgan fingerprint density at radius 3 is 2.58 bits per heavy atom. The van der Waals surface area contributed by atoms with Crippen LogP contribution in [0, 0.1) is 0 Å². The number of hydrogen-bond acceptors (Lipinski definition) is 3. The second-order valence-corrected chi connectivity index (χ2v) is 6.17. The highest BCUT2D eigenvalue weighted by Gasteiger charge is 2.22. The van der Waals surface area contributed by atoms with Gasteiger partial charge in [-0.05, 0) is 28.1 Å². The molecule has 0 saturated carbocycles. The van der Waals surface area contributed by atoms with Gasteiger partial charge in [-0.25, -0.2) is 4.98 Å². The van der Waals surface area contributed by atoms with Crippen LogP contribution in [-0.4, -0.2) is 15.1 Å². The number of aromatic hydroxyl groups is 1. The van der Waals surface area contributed by atoms with Gasteiger partial charge < -0.3 is 10.1 Å². The van der Waals surface area contributed by atoms with Crippen molar-refractivity contribution in [3.8, 4) is 17.1 Å². The molecule has 2 aromatic rings. The van der Waals surface area contributed by atoms with Crippen LogP contribution >= 0.6 is 15.9 Å². The number of halogens is 1. The van der Waals surface area contributed by atoms with Crippen molar-refractivity contribution < 1.29 is 5.11 Å². The number of nitrogens with zero attached hydrogens (tertiary/aromatic N) is 1. The molecule has 100 valence electrons. The van der Waals surface area contributed by atoms with Crippen LogP contribution in [0.25, 0.3) is 11.4 Å². The summed E-state index contributed by atoms with van der Waals surface area (Å²) in [4.78, 5) is 19.2. The highest BCUT2D eigenvalue weighted by Crippen LogP contribution is 2.27. The molecule has 2 rings (SSSR count). The highest BCUT2D eigenvalue weighted by molar-refractivity contribution is 9.10. The maximum absolute atomic E-state index is 12.0. The molecule has 0 fully saturated rings. The van der Waals surface area contributed by atoms with E-state index in [0.717, 1.165) is 0 Å². The predicted octanol–water partition coefficient (Wildman–Crippen LogP) is 3.20. The van der Waals surface area contributed by atoms with Crippen LogP contribution in [0.3, 0.4) is 0 Å². The smallest absolute Gasteiger partial charge is 0.265 e. The summed E-state index contributed by atoms with van der Waals surface area (Å²) in [6.45, 7) is 5.98. The Morgan fingerprint density at radius 1 is 1.32 bits per heavy atom. The van der Waals surface area contributed by atoms with Crippen molar-refractivity contribution in [3.05, 3.63) is 44.8 Å². The lowest BCUT2D eigenvalue weighted by molar-refractivity contribution is 0.475. The number of benzene rings is 1. The predicted molar refractivity (Wildman–Crippen MR) is 78.4 cm³/mol. The molecule has 0 atom stereocenters. The molecule has 0 aliphatic heterocycles. The standard InChI is InChI=1S/C14H15BrN2O2/c1-14(2,3)11-10(15)13(19)17-12(16-11)8-5-4-6-9(18)7-8/h4-7,18H,1-3H3,(H,16,17,19). The SMILES string of the molecule is CC(C)(C)c1nc(-c2cccc(O)c2)[nH]c(=O)c1Br. The minimum absolute atomic E-state index is 0.139. The van der Waals surface area contributed by atoms with Gasteiger partial charge in [0.15, 0.2) is 0 Å². The molecule has 19 heavy (non-hydrogen) atoms. The maximum atomic E-state index is 12.0. The number of aromatic nitrogens is 2. The van der Waals surface area contributed by atoms with E-state index in [1.165, 1.54) is 0 Å². The Hall–Kier alpha value is -1.62. The zero-order valence-corrected chi connectivity index (χ0v) is 12.6. The van der Waals surface area contributed by atoms with Crippen LogP contribution in [0.5, 0.6) is 5.75 Å². The molecule has 0 saturated heterocycles. The molecule has 1 aromatic carbocycles. The zero-order valence-electron chi connectivity index (χ0n) is 11.0. The van der Waals surface area contributed by atoms with Gasteiger partial charge in [0, 0.05) is 11.0 Å². The number of nitrogens with one attached hydrogen (secondary N) is 1. The molecule has 0 amide bonds. The Kier molecular flexibility index (Phi) is 3.49. The fourth-order valence-corrected chi connectivity index (χ4v) is 2.53. The number of rotatable bonds is 1. The lowest BCUT2D eigenvalue weighted by Gasteiger charge is -2.19. The third-order valence-corrected chi connectivity index (χ3v) is 3.43.